The van der Waals surface area contributed by atoms with Gasteiger partial charge in [0, 0.05) is 5.56 Å². The second-order valence-corrected chi connectivity index (χ2v) is 6.79. The van der Waals surface area contributed by atoms with Crippen LogP contribution >= 0.6 is 11.3 Å². The van der Waals surface area contributed by atoms with Crippen molar-refractivity contribution in [1.29, 1.82) is 0 Å². The Morgan fingerprint density at radius 3 is 2.26 bits per heavy atom. The molecule has 0 aliphatic heterocycles. The Hall–Kier alpha value is -3.26. The number of rotatable bonds is 5. The fraction of sp³-hybridized carbons (Fsp3) is 0.158. The van der Waals surface area contributed by atoms with E-state index in [2.05, 4.69) is 4.99 Å². The molecular weight excluding hydrogens is 368 g/mol. The highest BCUT2D eigenvalue weighted by Gasteiger charge is 2.22. The molecule has 3 rings (SSSR count). The SMILES string of the molecule is CCC(C(=O)O)n1c(=NC(=O)c2ccc(C(=O)O)cc2)sc2ccccc21. The maximum atomic E-state index is 12.5. The normalized spacial score (nSPS) is 12.9. The minimum atomic E-state index is -1.08. The number of amides is 1. The van der Waals surface area contributed by atoms with Crippen LogP contribution in [0.4, 0.5) is 0 Å². The number of aromatic carboxylic acids is 1. The van der Waals surface area contributed by atoms with Crippen LogP contribution in [0.15, 0.2) is 53.5 Å². The maximum Gasteiger partial charge on any atom is 0.335 e. The molecule has 8 heteroatoms. The molecule has 1 unspecified atom stereocenters. The number of carbonyl (C=O) groups is 3. The van der Waals surface area contributed by atoms with E-state index < -0.39 is 23.9 Å². The molecule has 0 fully saturated rings. The van der Waals surface area contributed by atoms with Crippen LogP contribution in [0, 0.1) is 0 Å². The summed E-state index contributed by atoms with van der Waals surface area (Å²) in [5, 5.41) is 18.5. The molecule has 27 heavy (non-hydrogen) atoms. The van der Waals surface area contributed by atoms with Crippen molar-refractivity contribution < 1.29 is 24.6 Å². The molecule has 0 radical (unpaired) electrons. The Labute approximate surface area is 157 Å². The van der Waals surface area contributed by atoms with E-state index in [1.54, 1.807) is 23.6 Å². The molecule has 1 atom stereocenters. The standard InChI is InChI=1S/C19H16N2O5S/c1-2-13(18(25)26)21-14-5-3-4-6-15(14)27-19(21)20-16(22)11-7-9-12(10-8-11)17(23)24/h3-10,13H,2H2,1H3,(H,23,24)(H,25,26). The molecule has 0 aliphatic carbocycles. The fourth-order valence-electron chi connectivity index (χ4n) is 2.75. The first-order valence-corrected chi connectivity index (χ1v) is 8.99. The van der Waals surface area contributed by atoms with Crippen LogP contribution in [0.1, 0.15) is 40.1 Å². The summed E-state index contributed by atoms with van der Waals surface area (Å²) in [7, 11) is 0. The highest BCUT2D eigenvalue weighted by atomic mass is 32.1. The zero-order chi connectivity index (χ0) is 19.6. The molecule has 1 aromatic heterocycles. The van der Waals surface area contributed by atoms with Gasteiger partial charge in [0.05, 0.1) is 15.8 Å². The number of hydrogen-bond acceptors (Lipinski definition) is 4. The van der Waals surface area contributed by atoms with Gasteiger partial charge in [-0.05, 0) is 42.8 Å². The van der Waals surface area contributed by atoms with Crippen LogP contribution in [-0.4, -0.2) is 32.6 Å². The van der Waals surface area contributed by atoms with E-state index in [9.17, 15) is 19.5 Å². The van der Waals surface area contributed by atoms with Gasteiger partial charge in [-0.15, -0.1) is 0 Å². The molecule has 3 aromatic rings. The van der Waals surface area contributed by atoms with E-state index in [1.165, 1.54) is 35.6 Å². The first kappa shape index (κ1) is 18.5. The highest BCUT2D eigenvalue weighted by molar-refractivity contribution is 7.16. The van der Waals surface area contributed by atoms with Gasteiger partial charge in [-0.1, -0.05) is 30.4 Å². The maximum absolute atomic E-state index is 12.5. The number of hydrogen-bond donors (Lipinski definition) is 2. The van der Waals surface area contributed by atoms with Crippen LogP contribution in [-0.2, 0) is 4.79 Å². The third kappa shape index (κ3) is 3.65. The average Bonchev–Trinajstić information content (AvgIpc) is 3.00. The van der Waals surface area contributed by atoms with Gasteiger partial charge in [-0.2, -0.15) is 4.99 Å². The lowest BCUT2D eigenvalue weighted by Crippen LogP contribution is -2.27. The van der Waals surface area contributed by atoms with E-state index in [-0.39, 0.29) is 15.9 Å². The Bertz CT molecular complexity index is 1100. The van der Waals surface area contributed by atoms with Crippen LogP contribution in [0.5, 0.6) is 0 Å². The van der Waals surface area contributed by atoms with Crippen LogP contribution < -0.4 is 4.80 Å². The number of para-hydroxylation sites is 1. The lowest BCUT2D eigenvalue weighted by molar-refractivity contribution is -0.140. The summed E-state index contributed by atoms with van der Waals surface area (Å²) < 4.78 is 2.39. The molecule has 2 aromatic carbocycles. The summed E-state index contributed by atoms with van der Waals surface area (Å²) >= 11 is 1.23. The van der Waals surface area contributed by atoms with Crippen molar-refractivity contribution in [1.82, 2.24) is 4.57 Å². The molecule has 1 amide bonds. The van der Waals surface area contributed by atoms with E-state index in [0.717, 1.165) is 4.70 Å². The molecule has 0 saturated carbocycles. The number of aliphatic carboxylic acids is 1. The predicted molar refractivity (Wildman–Crippen MR) is 100 cm³/mol. The zero-order valence-corrected chi connectivity index (χ0v) is 15.1. The van der Waals surface area contributed by atoms with E-state index in [4.69, 9.17) is 5.11 Å². The van der Waals surface area contributed by atoms with Crippen molar-refractivity contribution in [3.63, 3.8) is 0 Å². The molecule has 0 saturated heterocycles. The number of fused-ring (bicyclic) bond motifs is 1. The number of thiazole rings is 1. The minimum absolute atomic E-state index is 0.0698. The summed E-state index contributed by atoms with van der Waals surface area (Å²) in [6.07, 6.45) is 0.338. The molecule has 0 aliphatic rings. The summed E-state index contributed by atoms with van der Waals surface area (Å²) in [6.45, 7) is 1.76. The lowest BCUT2D eigenvalue weighted by Gasteiger charge is -2.13. The van der Waals surface area contributed by atoms with E-state index in [1.807, 2.05) is 12.1 Å². The topological polar surface area (TPSA) is 109 Å². The summed E-state index contributed by atoms with van der Waals surface area (Å²) in [5.74, 6) is -2.64. The zero-order valence-electron chi connectivity index (χ0n) is 14.3. The molecule has 0 spiro atoms. The number of carboxylic acids is 2. The molecule has 138 valence electrons. The Morgan fingerprint density at radius 2 is 1.67 bits per heavy atom. The van der Waals surface area contributed by atoms with Gasteiger partial charge in [-0.25, -0.2) is 9.59 Å². The lowest BCUT2D eigenvalue weighted by atomic mass is 10.1. The van der Waals surface area contributed by atoms with Gasteiger partial charge in [-0.3, -0.25) is 4.79 Å². The smallest absolute Gasteiger partial charge is 0.335 e. The van der Waals surface area contributed by atoms with Crippen molar-refractivity contribution in [3.05, 3.63) is 64.5 Å². The molecule has 7 nitrogen and oxygen atoms in total. The number of nitrogens with zero attached hydrogens (tertiary/aromatic N) is 2. The summed E-state index contributed by atoms with van der Waals surface area (Å²) in [5.41, 5.74) is 0.998. The number of benzene rings is 2. The van der Waals surface area contributed by atoms with Crippen molar-refractivity contribution in [2.75, 3.05) is 0 Å². The van der Waals surface area contributed by atoms with Gasteiger partial charge in [0.2, 0.25) is 0 Å². The molecule has 2 N–H and O–H groups in total. The number of carbonyl (C=O) groups excluding carboxylic acids is 1. The van der Waals surface area contributed by atoms with Crippen molar-refractivity contribution in [2.45, 2.75) is 19.4 Å². The Kier molecular flexibility index (Phi) is 5.18. The first-order chi connectivity index (χ1) is 12.9. The third-order valence-electron chi connectivity index (χ3n) is 4.09. The minimum Gasteiger partial charge on any atom is -0.480 e. The first-order valence-electron chi connectivity index (χ1n) is 8.17. The quantitative estimate of drug-likeness (QED) is 0.702. The van der Waals surface area contributed by atoms with Gasteiger partial charge >= 0.3 is 11.9 Å². The summed E-state index contributed by atoms with van der Waals surface area (Å²) in [4.78, 5) is 39.6. The molecule has 0 bridgehead atoms. The number of aromatic nitrogens is 1. The second kappa shape index (κ2) is 7.55. The number of carboxylic acid groups (broad SMARTS) is 2. The third-order valence-corrected chi connectivity index (χ3v) is 5.13. The van der Waals surface area contributed by atoms with Gasteiger partial charge < -0.3 is 14.8 Å². The van der Waals surface area contributed by atoms with Crippen LogP contribution in [0.25, 0.3) is 10.2 Å². The van der Waals surface area contributed by atoms with Crippen LogP contribution in [0.2, 0.25) is 0 Å². The van der Waals surface area contributed by atoms with Crippen LogP contribution in [0.3, 0.4) is 0 Å². The van der Waals surface area contributed by atoms with E-state index >= 15 is 0 Å². The van der Waals surface area contributed by atoms with Crippen molar-refractivity contribution in [2.24, 2.45) is 4.99 Å². The highest BCUT2D eigenvalue weighted by Crippen LogP contribution is 2.22. The monoisotopic (exact) mass is 384 g/mol. The largest absolute Gasteiger partial charge is 0.480 e. The Balaban J connectivity index is 2.13. The van der Waals surface area contributed by atoms with Gasteiger partial charge in [0.25, 0.3) is 5.91 Å². The van der Waals surface area contributed by atoms with Crippen molar-refractivity contribution in [3.8, 4) is 0 Å². The second-order valence-electron chi connectivity index (χ2n) is 5.78. The molecule has 1 heterocycles. The summed E-state index contributed by atoms with van der Waals surface area (Å²) in [6, 6.07) is 11.9. The van der Waals surface area contributed by atoms with Gasteiger partial charge in [0.15, 0.2) is 4.80 Å². The average molecular weight is 384 g/mol. The predicted octanol–water partition coefficient (Wildman–Crippen LogP) is 3.18. The fourth-order valence-corrected chi connectivity index (χ4v) is 3.81. The Morgan fingerprint density at radius 1 is 1.04 bits per heavy atom. The molecular formula is C19H16N2O5S. The van der Waals surface area contributed by atoms with Gasteiger partial charge in [0.1, 0.15) is 6.04 Å². The van der Waals surface area contributed by atoms with E-state index in [0.29, 0.717) is 11.9 Å². The van der Waals surface area contributed by atoms with Crippen molar-refractivity contribution >= 4 is 39.4 Å².